The topological polar surface area (TPSA) is 65.4 Å². The molecule has 0 saturated carbocycles. The van der Waals surface area contributed by atoms with E-state index in [1.807, 2.05) is 29.2 Å². The van der Waals surface area contributed by atoms with E-state index in [4.69, 9.17) is 29.6 Å². The molecule has 0 bridgehead atoms. The van der Waals surface area contributed by atoms with Gasteiger partial charge in [-0.15, -0.1) is 0 Å². The molecule has 0 radical (unpaired) electrons. The Morgan fingerprint density at radius 3 is 2.60 bits per heavy atom. The van der Waals surface area contributed by atoms with Crippen LogP contribution in [0.4, 0.5) is 10.1 Å². The summed E-state index contributed by atoms with van der Waals surface area (Å²) >= 11 is 12.1. The van der Waals surface area contributed by atoms with Crippen molar-refractivity contribution < 1.29 is 9.18 Å². The van der Waals surface area contributed by atoms with E-state index < -0.39 is 5.82 Å². The minimum absolute atomic E-state index is 0.0331. The number of benzene rings is 2. The summed E-state index contributed by atoms with van der Waals surface area (Å²) in [4.78, 5) is 18.9. The van der Waals surface area contributed by atoms with Crippen LogP contribution in [-0.2, 0) is 4.79 Å². The van der Waals surface area contributed by atoms with E-state index in [0.29, 0.717) is 42.3 Å². The van der Waals surface area contributed by atoms with Gasteiger partial charge in [-0.05, 0) is 18.2 Å². The van der Waals surface area contributed by atoms with E-state index in [1.165, 1.54) is 6.08 Å². The summed E-state index contributed by atoms with van der Waals surface area (Å²) in [5.41, 5.74) is 8.31. The molecule has 4 rings (SSSR count). The highest BCUT2D eigenvalue weighted by Crippen LogP contribution is 2.39. The number of thiocarbonyl (C=S) groups is 1. The van der Waals surface area contributed by atoms with Crippen molar-refractivity contribution in [1.82, 2.24) is 14.8 Å². The number of nitrogens with zero attached hydrogens (tertiary/aromatic N) is 2. The minimum atomic E-state index is -0.593. The fourth-order valence-corrected chi connectivity index (χ4v) is 4.41. The molecule has 2 heterocycles. The Morgan fingerprint density at radius 2 is 1.90 bits per heavy atom. The predicted octanol–water partition coefficient (Wildman–Crippen LogP) is 4.22. The summed E-state index contributed by atoms with van der Waals surface area (Å²) in [7, 11) is 0. The third-order valence-corrected chi connectivity index (χ3v) is 6.17. The number of aromatic amines is 1. The molecule has 0 unspecified atom stereocenters. The number of nitrogens with two attached hydrogens (primary N) is 1. The van der Waals surface area contributed by atoms with Gasteiger partial charge in [0.2, 0.25) is 5.91 Å². The van der Waals surface area contributed by atoms with Crippen LogP contribution in [0.2, 0.25) is 5.02 Å². The summed E-state index contributed by atoms with van der Waals surface area (Å²) in [6, 6.07) is 9.22. The molecule has 154 valence electrons. The van der Waals surface area contributed by atoms with Crippen LogP contribution in [0.5, 0.6) is 0 Å². The van der Waals surface area contributed by atoms with Crippen molar-refractivity contribution in [2.75, 3.05) is 31.9 Å². The number of nitrogen functional groups attached to an aromatic ring is 1. The summed E-state index contributed by atoms with van der Waals surface area (Å²) in [5, 5.41) is 1.10. The van der Waals surface area contributed by atoms with E-state index in [9.17, 15) is 4.79 Å². The number of hydrogen-bond donors (Lipinski definition) is 2. The van der Waals surface area contributed by atoms with Crippen molar-refractivity contribution in [3.8, 4) is 11.1 Å². The maximum absolute atomic E-state index is 15.4. The molecule has 2 aromatic carbocycles. The highest BCUT2D eigenvalue weighted by atomic mass is 35.5. The van der Waals surface area contributed by atoms with Crippen molar-refractivity contribution in [2.24, 2.45) is 0 Å². The first-order valence-corrected chi connectivity index (χ1v) is 10.3. The van der Waals surface area contributed by atoms with Gasteiger partial charge in [0, 0.05) is 60.0 Å². The summed E-state index contributed by atoms with van der Waals surface area (Å²) < 4.78 is 15.4. The average Bonchev–Trinajstić information content (AvgIpc) is 3.19. The molecule has 1 amide bonds. The number of amides is 1. The summed E-state index contributed by atoms with van der Waals surface area (Å²) in [6.07, 6.45) is 3.02. The van der Waals surface area contributed by atoms with Gasteiger partial charge in [0.05, 0.1) is 10.7 Å². The lowest BCUT2D eigenvalue weighted by Crippen LogP contribution is -2.50. The van der Waals surface area contributed by atoms with Gasteiger partial charge < -0.3 is 20.5 Å². The molecule has 1 fully saturated rings. The van der Waals surface area contributed by atoms with E-state index >= 15 is 4.39 Å². The average molecular weight is 443 g/mol. The second-order valence-electron chi connectivity index (χ2n) is 7.08. The molecule has 0 atom stereocenters. The Hall–Kier alpha value is -2.90. The number of H-pyrrole nitrogens is 1. The minimum Gasteiger partial charge on any atom is -0.396 e. The van der Waals surface area contributed by atoms with Crippen molar-refractivity contribution >= 4 is 51.3 Å². The standard InChI is InChI=1S/C22H20ClFN4OS/c1-2-18(29)27-7-9-28(10-8-27)22(30)14-11-16(23)19(20(24)21(14)25)15-12-26-17-6-4-3-5-13(15)17/h2-6,11-12,26H,1,7-10,25H2. The van der Waals surface area contributed by atoms with Gasteiger partial charge in [-0.2, -0.15) is 0 Å². The lowest BCUT2D eigenvalue weighted by molar-refractivity contribution is -0.127. The zero-order valence-corrected chi connectivity index (χ0v) is 17.7. The lowest BCUT2D eigenvalue weighted by Gasteiger charge is -2.36. The molecular formula is C22H20ClFN4OS. The SMILES string of the molecule is C=CC(=O)N1CCN(C(=S)c2cc(Cl)c(-c3c[nH]c4ccccc34)c(F)c2N)CC1. The number of fused-ring (bicyclic) bond motifs is 1. The van der Waals surface area contributed by atoms with Gasteiger partial charge in [0.15, 0.2) is 5.82 Å². The van der Waals surface area contributed by atoms with Gasteiger partial charge in [-0.3, -0.25) is 4.79 Å². The van der Waals surface area contributed by atoms with Gasteiger partial charge in [-0.25, -0.2) is 4.39 Å². The van der Waals surface area contributed by atoms with Crippen LogP contribution in [0.1, 0.15) is 5.56 Å². The van der Waals surface area contributed by atoms with Crippen molar-refractivity contribution in [1.29, 1.82) is 0 Å². The smallest absolute Gasteiger partial charge is 0.246 e. The number of nitrogens with one attached hydrogen (secondary N) is 1. The fourth-order valence-electron chi connectivity index (χ4n) is 3.77. The first-order chi connectivity index (χ1) is 14.4. The van der Waals surface area contributed by atoms with Crippen LogP contribution in [-0.4, -0.2) is 51.9 Å². The highest BCUT2D eigenvalue weighted by Gasteiger charge is 2.26. The Balaban J connectivity index is 1.66. The molecule has 1 saturated heterocycles. The Kier molecular flexibility index (Phi) is 5.49. The van der Waals surface area contributed by atoms with Crippen LogP contribution in [0.15, 0.2) is 49.2 Å². The van der Waals surface area contributed by atoms with Crippen LogP contribution < -0.4 is 5.73 Å². The van der Waals surface area contributed by atoms with E-state index in [1.54, 1.807) is 17.2 Å². The largest absolute Gasteiger partial charge is 0.396 e. The second-order valence-corrected chi connectivity index (χ2v) is 7.87. The molecule has 3 N–H and O–H groups in total. The van der Waals surface area contributed by atoms with Gasteiger partial charge in [0.25, 0.3) is 0 Å². The van der Waals surface area contributed by atoms with Crippen molar-refractivity contribution in [3.05, 3.63) is 65.6 Å². The molecule has 1 aliphatic rings. The first kappa shape index (κ1) is 20.4. The van der Waals surface area contributed by atoms with Crippen LogP contribution in [0, 0.1) is 5.82 Å². The Labute approximate surface area is 183 Å². The number of aromatic nitrogens is 1. The maximum Gasteiger partial charge on any atom is 0.246 e. The molecule has 8 heteroatoms. The fraction of sp³-hybridized carbons (Fsp3) is 0.182. The third-order valence-electron chi connectivity index (χ3n) is 5.40. The van der Waals surface area contributed by atoms with Crippen molar-refractivity contribution in [3.63, 3.8) is 0 Å². The number of carbonyl (C=O) groups excluding carboxylic acids is 1. The number of anilines is 1. The summed E-state index contributed by atoms with van der Waals surface area (Å²) in [5.74, 6) is -0.706. The molecular weight excluding hydrogens is 423 g/mol. The number of carbonyl (C=O) groups is 1. The number of rotatable bonds is 3. The number of piperazine rings is 1. The van der Waals surface area contributed by atoms with E-state index in [2.05, 4.69) is 11.6 Å². The van der Waals surface area contributed by atoms with Crippen molar-refractivity contribution in [2.45, 2.75) is 0 Å². The van der Waals surface area contributed by atoms with Crippen LogP contribution in [0.3, 0.4) is 0 Å². The molecule has 5 nitrogen and oxygen atoms in total. The zero-order chi connectivity index (χ0) is 21.4. The second kappa shape index (κ2) is 8.08. The molecule has 1 aliphatic heterocycles. The number of halogens is 2. The lowest BCUT2D eigenvalue weighted by atomic mass is 10.00. The van der Waals surface area contributed by atoms with Gasteiger partial charge in [0.1, 0.15) is 4.99 Å². The summed E-state index contributed by atoms with van der Waals surface area (Å²) in [6.45, 7) is 5.59. The Bertz CT molecular complexity index is 1170. The van der Waals surface area contributed by atoms with Gasteiger partial charge >= 0.3 is 0 Å². The van der Waals surface area contributed by atoms with Gasteiger partial charge in [-0.1, -0.05) is 48.6 Å². The molecule has 3 aromatic rings. The van der Waals surface area contributed by atoms with E-state index in [0.717, 1.165) is 10.9 Å². The number of hydrogen-bond acceptors (Lipinski definition) is 3. The molecule has 0 spiro atoms. The Morgan fingerprint density at radius 1 is 1.23 bits per heavy atom. The molecule has 30 heavy (non-hydrogen) atoms. The zero-order valence-electron chi connectivity index (χ0n) is 16.1. The first-order valence-electron chi connectivity index (χ1n) is 9.47. The van der Waals surface area contributed by atoms with Crippen LogP contribution in [0.25, 0.3) is 22.0 Å². The quantitative estimate of drug-likeness (QED) is 0.362. The molecule has 0 aliphatic carbocycles. The molecule has 1 aromatic heterocycles. The monoisotopic (exact) mass is 442 g/mol. The highest BCUT2D eigenvalue weighted by molar-refractivity contribution is 7.80. The third kappa shape index (κ3) is 3.44. The number of para-hydroxylation sites is 1. The normalized spacial score (nSPS) is 14.2. The van der Waals surface area contributed by atoms with Crippen LogP contribution >= 0.6 is 23.8 Å². The maximum atomic E-state index is 15.4. The predicted molar refractivity (Wildman–Crippen MR) is 123 cm³/mol. The van der Waals surface area contributed by atoms with E-state index in [-0.39, 0.29) is 22.2 Å².